The fourth-order valence-electron chi connectivity index (χ4n) is 1.08. The van der Waals surface area contributed by atoms with Crippen LogP contribution in [0.4, 0.5) is 11.4 Å². The summed E-state index contributed by atoms with van der Waals surface area (Å²) in [6.45, 7) is 1.92. The third kappa shape index (κ3) is 1.66. The molecule has 4 heteroatoms. The summed E-state index contributed by atoms with van der Waals surface area (Å²) in [7, 11) is 0. The molecule has 0 aliphatic carbocycles. The summed E-state index contributed by atoms with van der Waals surface area (Å²) in [6.07, 6.45) is 0.706. The third-order valence-electron chi connectivity index (χ3n) is 1.70. The summed E-state index contributed by atoms with van der Waals surface area (Å²) < 4.78 is 0. The van der Waals surface area contributed by atoms with Gasteiger partial charge in [0.15, 0.2) is 0 Å². The van der Waals surface area contributed by atoms with Gasteiger partial charge in [-0.2, -0.15) is 0 Å². The van der Waals surface area contributed by atoms with Crippen molar-refractivity contribution in [2.75, 3.05) is 11.0 Å². The second-order valence-electron chi connectivity index (χ2n) is 2.53. The summed E-state index contributed by atoms with van der Waals surface area (Å²) >= 11 is 0. The molecule has 0 amide bonds. The molecule has 0 saturated heterocycles. The van der Waals surface area contributed by atoms with E-state index < -0.39 is 0 Å². The van der Waals surface area contributed by atoms with Crippen molar-refractivity contribution in [3.05, 3.63) is 23.8 Å². The van der Waals surface area contributed by atoms with Gasteiger partial charge in [-0.1, -0.05) is 6.92 Å². The zero-order chi connectivity index (χ0) is 9.14. The lowest BCUT2D eigenvalue weighted by Gasteiger charge is -2.12. The van der Waals surface area contributed by atoms with Crippen molar-refractivity contribution in [2.45, 2.75) is 13.3 Å². The van der Waals surface area contributed by atoms with E-state index in [1.54, 1.807) is 18.2 Å². The molecule has 4 N–H and O–H groups in total. The minimum absolute atomic E-state index is 0.109. The molecule has 0 radical (unpaired) electrons. The van der Waals surface area contributed by atoms with Crippen LogP contribution in [0.5, 0.6) is 0 Å². The number of hydrogen-bond donors (Lipinski definition) is 3. The lowest BCUT2D eigenvalue weighted by atomic mass is 10.1. The van der Waals surface area contributed by atoms with Gasteiger partial charge in [0.25, 0.3) is 0 Å². The van der Waals surface area contributed by atoms with E-state index in [1.165, 1.54) is 0 Å². The largest absolute Gasteiger partial charge is 0.399 e. The minimum Gasteiger partial charge on any atom is -0.399 e. The Labute approximate surface area is 70.8 Å². The molecule has 1 rings (SSSR count). The van der Waals surface area contributed by atoms with Gasteiger partial charge in [0.05, 0.1) is 5.69 Å². The van der Waals surface area contributed by atoms with Crippen LogP contribution in [0.3, 0.4) is 0 Å². The summed E-state index contributed by atoms with van der Waals surface area (Å²) in [5.74, 6) is 0. The van der Waals surface area contributed by atoms with E-state index in [0.717, 1.165) is 5.56 Å². The number of nitrogens with two attached hydrogens (primary N) is 1. The Morgan fingerprint density at radius 1 is 1.42 bits per heavy atom. The van der Waals surface area contributed by atoms with Gasteiger partial charge in [0.2, 0.25) is 0 Å². The van der Waals surface area contributed by atoms with Crippen molar-refractivity contribution in [1.29, 1.82) is 0 Å². The molecule has 0 bridgehead atoms. The average molecular weight is 168 g/mol. The van der Waals surface area contributed by atoms with Crippen LogP contribution in [0.2, 0.25) is 0 Å². The maximum absolute atomic E-state index is 8.77. The number of anilines is 2. The van der Waals surface area contributed by atoms with Crippen molar-refractivity contribution in [2.24, 2.45) is 0 Å². The van der Waals surface area contributed by atoms with Crippen molar-refractivity contribution in [3.63, 3.8) is 0 Å². The molecule has 0 aliphatic heterocycles. The van der Waals surface area contributed by atoms with Crippen LogP contribution in [-0.4, -0.2) is 10.4 Å². The smallest absolute Gasteiger partial charge is 0.0976 e. The van der Waals surface area contributed by atoms with Crippen molar-refractivity contribution < 1.29 is 10.4 Å². The Bertz CT molecular complexity index is 274. The first-order chi connectivity index (χ1) is 5.65. The summed E-state index contributed by atoms with van der Waals surface area (Å²) in [5.41, 5.74) is 7.32. The number of nitrogen functional groups attached to an aromatic ring is 1. The molecule has 0 heterocycles. The van der Waals surface area contributed by atoms with Gasteiger partial charge in [-0.05, 0) is 30.2 Å². The highest BCUT2D eigenvalue weighted by Gasteiger charge is 2.05. The topological polar surface area (TPSA) is 69.7 Å². The lowest BCUT2D eigenvalue weighted by Crippen LogP contribution is -2.13. The van der Waals surface area contributed by atoms with Crippen LogP contribution in [0.15, 0.2) is 18.2 Å². The van der Waals surface area contributed by atoms with Crippen LogP contribution in [0.1, 0.15) is 12.5 Å². The maximum Gasteiger partial charge on any atom is 0.0976 e. The number of rotatable bonds is 2. The summed E-state index contributed by atoms with van der Waals surface area (Å²) in [5, 5.41) is 17.7. The van der Waals surface area contributed by atoms with Gasteiger partial charge in [-0.15, -0.1) is 5.23 Å². The average Bonchev–Trinajstić information content (AvgIpc) is 2.03. The first-order valence-electron chi connectivity index (χ1n) is 3.71. The maximum atomic E-state index is 8.77. The fraction of sp³-hybridized carbons (Fsp3) is 0.250. The van der Waals surface area contributed by atoms with Gasteiger partial charge >= 0.3 is 0 Å². The lowest BCUT2D eigenvalue weighted by molar-refractivity contribution is 0.0287. The third-order valence-corrected chi connectivity index (χ3v) is 1.70. The van der Waals surface area contributed by atoms with Crippen molar-refractivity contribution >= 4 is 11.4 Å². The Morgan fingerprint density at radius 3 is 2.58 bits per heavy atom. The molecule has 0 aliphatic rings. The normalized spacial score (nSPS) is 9.92. The van der Waals surface area contributed by atoms with Crippen LogP contribution in [-0.2, 0) is 6.42 Å². The Kier molecular flexibility index (Phi) is 2.52. The Hall–Kier alpha value is -1.26. The van der Waals surface area contributed by atoms with Crippen LogP contribution in [0, 0.1) is 0 Å². The number of aryl methyl sites for hydroxylation is 1. The highest BCUT2D eigenvalue weighted by Crippen LogP contribution is 2.21. The monoisotopic (exact) mass is 168 g/mol. The number of nitrogens with zero attached hydrogens (tertiary/aromatic N) is 1. The molecular formula is C8H12N2O2. The molecule has 1 aromatic rings. The predicted molar refractivity (Wildman–Crippen MR) is 46.3 cm³/mol. The predicted octanol–water partition coefficient (Wildman–Crippen LogP) is 1.42. The summed E-state index contributed by atoms with van der Waals surface area (Å²) in [6, 6.07) is 4.90. The highest BCUT2D eigenvalue weighted by molar-refractivity contribution is 5.56. The van der Waals surface area contributed by atoms with Crippen LogP contribution < -0.4 is 11.0 Å². The Balaban J connectivity index is 3.11. The van der Waals surface area contributed by atoms with Crippen molar-refractivity contribution in [1.82, 2.24) is 0 Å². The molecule has 1 aromatic carbocycles. The first kappa shape index (κ1) is 8.83. The standard InChI is InChI=1S/C8H12N2O2/c1-2-6-5-7(9)3-4-8(6)10(11)12/h3-5,11-12H,2,9H2,1H3. The zero-order valence-corrected chi connectivity index (χ0v) is 6.86. The quantitative estimate of drug-likeness (QED) is 0.461. The molecule has 0 atom stereocenters. The van der Waals surface area contributed by atoms with E-state index in [1.807, 2.05) is 6.92 Å². The van der Waals surface area contributed by atoms with E-state index in [9.17, 15) is 0 Å². The molecule has 0 unspecified atom stereocenters. The number of benzene rings is 1. The number of hydrogen-bond acceptors (Lipinski definition) is 4. The van der Waals surface area contributed by atoms with Crippen LogP contribution in [0.25, 0.3) is 0 Å². The molecule has 66 valence electrons. The Morgan fingerprint density at radius 2 is 2.08 bits per heavy atom. The molecule has 4 nitrogen and oxygen atoms in total. The molecule has 0 saturated carbocycles. The van der Waals surface area contributed by atoms with E-state index >= 15 is 0 Å². The second kappa shape index (κ2) is 3.42. The molecule has 12 heavy (non-hydrogen) atoms. The SMILES string of the molecule is CCc1cc(N)ccc1N(O)O. The molecule has 0 fully saturated rings. The second-order valence-corrected chi connectivity index (χ2v) is 2.53. The molecular weight excluding hydrogens is 156 g/mol. The van der Waals surface area contributed by atoms with E-state index in [2.05, 4.69) is 0 Å². The van der Waals surface area contributed by atoms with Gasteiger partial charge in [-0.25, -0.2) is 0 Å². The minimum atomic E-state index is 0.109. The van der Waals surface area contributed by atoms with Gasteiger partial charge < -0.3 is 5.73 Å². The first-order valence-corrected chi connectivity index (χ1v) is 3.71. The van der Waals surface area contributed by atoms with Gasteiger partial charge in [0.1, 0.15) is 0 Å². The fourth-order valence-corrected chi connectivity index (χ4v) is 1.08. The van der Waals surface area contributed by atoms with E-state index in [-0.39, 0.29) is 5.23 Å². The van der Waals surface area contributed by atoms with E-state index in [4.69, 9.17) is 16.1 Å². The molecule has 0 aromatic heterocycles. The highest BCUT2D eigenvalue weighted by atomic mass is 16.8. The zero-order valence-electron chi connectivity index (χ0n) is 6.86. The van der Waals surface area contributed by atoms with E-state index in [0.29, 0.717) is 17.8 Å². The summed E-state index contributed by atoms with van der Waals surface area (Å²) in [4.78, 5) is 0. The van der Waals surface area contributed by atoms with Crippen molar-refractivity contribution in [3.8, 4) is 0 Å². The van der Waals surface area contributed by atoms with Crippen LogP contribution >= 0.6 is 0 Å². The molecule has 0 spiro atoms. The van der Waals surface area contributed by atoms with Gasteiger partial charge in [0, 0.05) is 5.69 Å². The van der Waals surface area contributed by atoms with Gasteiger partial charge in [-0.3, -0.25) is 10.4 Å².